The van der Waals surface area contributed by atoms with Gasteiger partial charge in [-0.05, 0) is 80.5 Å². The number of nitrogens with zero attached hydrogens (tertiary/aromatic N) is 2. The number of halogens is 1. The number of benzene rings is 2. The van der Waals surface area contributed by atoms with Gasteiger partial charge in [0.15, 0.2) is 11.8 Å². The quantitative estimate of drug-likeness (QED) is 0.293. The maximum Gasteiger partial charge on any atom is 0.200 e. The Morgan fingerprint density at radius 3 is 2.07 bits per heavy atom. The monoisotopic (exact) mass is 612 g/mol. The predicted octanol–water partition coefficient (Wildman–Crippen LogP) is 9.26. The highest BCUT2D eigenvalue weighted by Gasteiger charge is 2.26. The van der Waals surface area contributed by atoms with Crippen LogP contribution in [0.3, 0.4) is 0 Å². The third-order valence-electron chi connectivity index (χ3n) is 9.29. The van der Waals surface area contributed by atoms with Crippen LogP contribution >= 0.6 is 15.9 Å². The van der Waals surface area contributed by atoms with Crippen molar-refractivity contribution in [3.8, 4) is 0 Å². The van der Waals surface area contributed by atoms with Crippen LogP contribution in [0.2, 0.25) is 0 Å². The number of aryl methyl sites for hydroxylation is 1. The molecule has 41 heavy (non-hydrogen) atoms. The Labute approximate surface area is 255 Å². The van der Waals surface area contributed by atoms with E-state index in [9.17, 15) is 0 Å². The first-order valence-corrected chi connectivity index (χ1v) is 16.6. The van der Waals surface area contributed by atoms with Crippen molar-refractivity contribution in [2.45, 2.75) is 90.1 Å². The van der Waals surface area contributed by atoms with Crippen LogP contribution in [0.4, 0.5) is 0 Å². The molecule has 0 bridgehead atoms. The summed E-state index contributed by atoms with van der Waals surface area (Å²) >= 11 is 3.85. The minimum absolute atomic E-state index is 0.536. The molecule has 3 aromatic rings. The van der Waals surface area contributed by atoms with Gasteiger partial charge in [0, 0.05) is 64.7 Å². The maximum atomic E-state index is 5.63. The second-order valence-electron chi connectivity index (χ2n) is 11.9. The largest absolute Gasteiger partial charge is 0.347 e. The second kappa shape index (κ2) is 14.0. The minimum atomic E-state index is 0.536. The predicted molar refractivity (Wildman–Crippen MR) is 180 cm³/mol. The Balaban J connectivity index is 0.000000423. The van der Waals surface area contributed by atoms with E-state index in [1.807, 2.05) is 0 Å². The Hall–Kier alpha value is -2.69. The van der Waals surface area contributed by atoms with Crippen LogP contribution in [0.15, 0.2) is 82.9 Å². The number of hydrogen-bond acceptors (Lipinski definition) is 1. The summed E-state index contributed by atoms with van der Waals surface area (Å²) in [6, 6.07) is 18.6. The van der Waals surface area contributed by atoms with Gasteiger partial charge in [-0.3, -0.25) is 0 Å². The highest BCUT2D eigenvalue weighted by Crippen LogP contribution is 2.40. The van der Waals surface area contributed by atoms with Crippen molar-refractivity contribution in [1.29, 1.82) is 0 Å². The lowest BCUT2D eigenvalue weighted by molar-refractivity contribution is -0.565. The molecule has 2 saturated carbocycles. The maximum absolute atomic E-state index is 5.63. The molecule has 3 aliphatic carbocycles. The van der Waals surface area contributed by atoms with Gasteiger partial charge >= 0.3 is 0 Å². The first kappa shape index (κ1) is 29.8. The van der Waals surface area contributed by atoms with E-state index in [0.717, 1.165) is 11.0 Å². The fraction of sp³-hybridized carbons (Fsp3) is 0.432. The summed E-state index contributed by atoms with van der Waals surface area (Å²) in [7, 11) is 2.17. The molecule has 1 heterocycles. The van der Waals surface area contributed by atoms with E-state index in [2.05, 4.69) is 119 Å². The number of nitrogens with two attached hydrogens (primary N) is 1. The van der Waals surface area contributed by atoms with Gasteiger partial charge in [0.25, 0.3) is 0 Å². The zero-order chi connectivity index (χ0) is 28.8. The van der Waals surface area contributed by atoms with Crippen LogP contribution in [0.5, 0.6) is 0 Å². The lowest BCUT2D eigenvalue weighted by atomic mass is 9.89. The highest BCUT2D eigenvalue weighted by molar-refractivity contribution is 9.10. The number of allylic oxidation sites excluding steroid dienone is 5. The van der Waals surface area contributed by atoms with Gasteiger partial charge in [0.1, 0.15) is 6.54 Å². The normalized spacial score (nSPS) is 18.0. The van der Waals surface area contributed by atoms with E-state index >= 15 is 0 Å². The standard InChI is InChI=1S/C31H34BrN2.C6H13N/c1-4-34(24-12-6-5-7-13-24)25-20-18-23(19-21-25)31(26-14-8-10-16-28(26)32)30-22(2)33(3)29-17-11-9-15-27(29)30;7-6-4-2-1-3-5-6/h8-11,14-21,24H,4-7,12-13H2,1-3H3;6H,1-5,7H2/q+1;. The molecule has 6 rings (SSSR count). The van der Waals surface area contributed by atoms with E-state index in [4.69, 9.17) is 5.73 Å². The molecule has 4 heteroatoms. The minimum Gasteiger partial charge on any atom is -0.347 e. The molecule has 3 nitrogen and oxygen atoms in total. The third kappa shape index (κ3) is 6.70. The van der Waals surface area contributed by atoms with E-state index < -0.39 is 0 Å². The summed E-state index contributed by atoms with van der Waals surface area (Å²) in [6.07, 6.45) is 22.7. The molecule has 1 aromatic heterocycles. The Morgan fingerprint density at radius 1 is 0.854 bits per heavy atom. The smallest absolute Gasteiger partial charge is 0.200 e. The van der Waals surface area contributed by atoms with Crippen molar-refractivity contribution in [3.63, 3.8) is 0 Å². The van der Waals surface area contributed by atoms with Gasteiger partial charge < -0.3 is 10.3 Å². The molecule has 0 radical (unpaired) electrons. The summed E-state index contributed by atoms with van der Waals surface area (Å²) in [5.41, 5.74) is 14.6. The molecule has 0 saturated heterocycles. The average molecular weight is 614 g/mol. The molecule has 0 spiro atoms. The van der Waals surface area contributed by atoms with Gasteiger partial charge in [-0.25, -0.2) is 4.58 Å². The third-order valence-corrected chi connectivity index (χ3v) is 9.98. The fourth-order valence-corrected chi connectivity index (χ4v) is 7.42. The molecule has 0 atom stereocenters. The van der Waals surface area contributed by atoms with Crippen molar-refractivity contribution in [3.05, 3.63) is 99.7 Å². The molecule has 0 amide bonds. The lowest BCUT2D eigenvalue weighted by Gasteiger charge is -2.21. The number of fused-ring (bicyclic) bond motifs is 1. The molecule has 2 aromatic carbocycles. The summed E-state index contributed by atoms with van der Waals surface area (Å²) < 4.78 is 6.06. The second-order valence-corrected chi connectivity index (χ2v) is 12.8. The lowest BCUT2D eigenvalue weighted by Crippen LogP contribution is -2.32. The summed E-state index contributed by atoms with van der Waals surface area (Å²) in [5.74, 6) is 0. The number of aromatic nitrogens is 1. The van der Waals surface area contributed by atoms with Crippen LogP contribution in [0.25, 0.3) is 16.5 Å². The van der Waals surface area contributed by atoms with Crippen LogP contribution in [0, 0.1) is 6.92 Å². The number of rotatable bonds is 4. The van der Waals surface area contributed by atoms with Crippen molar-refractivity contribution < 1.29 is 4.58 Å². The molecule has 2 N–H and O–H groups in total. The molecular weight excluding hydrogens is 566 g/mol. The fourth-order valence-electron chi connectivity index (χ4n) is 6.93. The Bertz CT molecular complexity index is 1460. The summed E-state index contributed by atoms with van der Waals surface area (Å²) in [6.45, 7) is 5.59. The molecule has 0 aliphatic heterocycles. The van der Waals surface area contributed by atoms with Crippen LogP contribution in [0.1, 0.15) is 88.0 Å². The average Bonchev–Trinajstić information content (AvgIpc) is 3.26. The van der Waals surface area contributed by atoms with Crippen molar-refractivity contribution in [1.82, 2.24) is 4.57 Å². The van der Waals surface area contributed by atoms with Crippen molar-refractivity contribution >= 4 is 38.1 Å². The molecular formula is C37H47BrN3+. The first-order chi connectivity index (χ1) is 20.0. The zero-order valence-electron chi connectivity index (χ0n) is 25.2. The molecule has 0 unspecified atom stereocenters. The van der Waals surface area contributed by atoms with Crippen molar-refractivity contribution in [2.75, 3.05) is 6.54 Å². The van der Waals surface area contributed by atoms with E-state index in [1.54, 1.807) is 0 Å². The summed E-state index contributed by atoms with van der Waals surface area (Å²) in [4.78, 5) is 0. The van der Waals surface area contributed by atoms with E-state index in [0.29, 0.717) is 12.1 Å². The first-order valence-electron chi connectivity index (χ1n) is 15.8. The van der Waals surface area contributed by atoms with Gasteiger partial charge in [-0.1, -0.05) is 78.0 Å². The Kier molecular flexibility index (Phi) is 10.2. The van der Waals surface area contributed by atoms with Gasteiger partial charge in [-0.15, -0.1) is 0 Å². The van der Waals surface area contributed by atoms with Crippen molar-refractivity contribution in [2.24, 2.45) is 12.8 Å². The van der Waals surface area contributed by atoms with Crippen LogP contribution in [-0.2, 0) is 7.05 Å². The molecule has 216 valence electrons. The van der Waals surface area contributed by atoms with Crippen LogP contribution in [-0.4, -0.2) is 33.5 Å². The zero-order valence-corrected chi connectivity index (χ0v) is 26.8. The SMILES string of the molecule is CC[N+](=C1C=CC(=C(c2ccccc2Br)c2c(C)n(C)c3ccccc23)C=C1)C1CCCCC1.NC1CCCCC1. The highest BCUT2D eigenvalue weighted by atomic mass is 79.9. The molecule has 2 fully saturated rings. The number of hydrogen-bond donors (Lipinski definition) is 1. The van der Waals surface area contributed by atoms with Gasteiger partial charge in [-0.2, -0.15) is 0 Å². The van der Waals surface area contributed by atoms with E-state index in [-0.39, 0.29) is 0 Å². The Morgan fingerprint density at radius 2 is 1.46 bits per heavy atom. The van der Waals surface area contributed by atoms with E-state index in [1.165, 1.54) is 109 Å². The van der Waals surface area contributed by atoms with Crippen LogP contribution < -0.4 is 5.73 Å². The van der Waals surface area contributed by atoms with Gasteiger partial charge in [0.2, 0.25) is 0 Å². The topological polar surface area (TPSA) is 34.0 Å². The number of para-hydroxylation sites is 1. The molecule has 3 aliphatic rings. The van der Waals surface area contributed by atoms with Gasteiger partial charge in [0.05, 0.1) is 0 Å². The summed E-state index contributed by atoms with van der Waals surface area (Å²) in [5, 5.41) is 1.30.